The maximum Gasteiger partial charge on any atom is 0.183 e. The third-order valence-corrected chi connectivity index (χ3v) is 7.32. The average molecular weight is 345 g/mol. The van der Waals surface area contributed by atoms with Gasteiger partial charge in [-0.25, -0.2) is 8.42 Å². The molecule has 2 aromatic rings. The van der Waals surface area contributed by atoms with Crippen LogP contribution in [0.3, 0.4) is 0 Å². The van der Waals surface area contributed by atoms with Gasteiger partial charge in [-0.1, -0.05) is 48.9 Å². The lowest BCUT2D eigenvalue weighted by Gasteiger charge is -2.08. The second-order valence-electron chi connectivity index (χ2n) is 6.62. The van der Waals surface area contributed by atoms with Crippen LogP contribution < -0.4 is 5.73 Å². The van der Waals surface area contributed by atoms with E-state index in [1.54, 1.807) is 24.3 Å². The first-order chi connectivity index (χ1) is 11.3. The molecular formula is C19H23NO3S. The van der Waals surface area contributed by atoms with Crippen LogP contribution in [0, 0.1) is 6.92 Å². The minimum absolute atomic E-state index is 0.258. The molecule has 1 aliphatic carbocycles. The number of benzene rings is 2. The Morgan fingerprint density at radius 3 is 2.17 bits per heavy atom. The number of sulfone groups is 1. The van der Waals surface area contributed by atoms with E-state index < -0.39 is 20.6 Å². The second kappa shape index (κ2) is 5.99. The molecule has 0 amide bonds. The van der Waals surface area contributed by atoms with E-state index in [0.717, 1.165) is 17.5 Å². The summed E-state index contributed by atoms with van der Waals surface area (Å²) in [7, 11) is -3.60. The van der Waals surface area contributed by atoms with Crippen LogP contribution in [0.1, 0.15) is 29.5 Å². The van der Waals surface area contributed by atoms with Gasteiger partial charge in [0, 0.05) is 5.92 Å². The number of hydrogen-bond donors (Lipinski definition) is 2. The van der Waals surface area contributed by atoms with Crippen molar-refractivity contribution in [2.75, 3.05) is 6.61 Å². The van der Waals surface area contributed by atoms with Gasteiger partial charge in [0.1, 0.15) is 0 Å². The largest absolute Gasteiger partial charge is 0.394 e. The van der Waals surface area contributed by atoms with Gasteiger partial charge in [0.15, 0.2) is 9.84 Å². The summed E-state index contributed by atoms with van der Waals surface area (Å²) >= 11 is 0. The fraction of sp³-hybridized carbons (Fsp3) is 0.368. The monoisotopic (exact) mass is 345 g/mol. The van der Waals surface area contributed by atoms with Crippen molar-refractivity contribution in [3.05, 3.63) is 65.2 Å². The molecular weight excluding hydrogens is 322 g/mol. The predicted molar refractivity (Wildman–Crippen MR) is 94.7 cm³/mol. The van der Waals surface area contributed by atoms with Gasteiger partial charge in [-0.2, -0.15) is 0 Å². The molecule has 2 aromatic carbocycles. The first kappa shape index (κ1) is 17.1. The van der Waals surface area contributed by atoms with Gasteiger partial charge in [-0.3, -0.25) is 0 Å². The van der Waals surface area contributed by atoms with Crippen LogP contribution >= 0.6 is 0 Å². The van der Waals surface area contributed by atoms with E-state index in [1.165, 1.54) is 5.56 Å². The van der Waals surface area contributed by atoms with Crippen LogP contribution in [-0.4, -0.2) is 30.9 Å². The van der Waals surface area contributed by atoms with Gasteiger partial charge in [-0.15, -0.1) is 0 Å². The average Bonchev–Trinajstić information content (AvgIpc) is 3.23. The first-order valence-corrected chi connectivity index (χ1v) is 9.68. The third kappa shape index (κ3) is 2.66. The van der Waals surface area contributed by atoms with E-state index >= 15 is 0 Å². The van der Waals surface area contributed by atoms with Gasteiger partial charge >= 0.3 is 0 Å². The zero-order valence-corrected chi connectivity index (χ0v) is 14.8. The molecule has 0 radical (unpaired) electrons. The Hall–Kier alpha value is -1.69. The highest BCUT2D eigenvalue weighted by molar-refractivity contribution is 7.92. The van der Waals surface area contributed by atoms with Crippen molar-refractivity contribution in [1.82, 2.24) is 0 Å². The van der Waals surface area contributed by atoms with Crippen LogP contribution in [0.25, 0.3) is 0 Å². The summed E-state index contributed by atoms with van der Waals surface area (Å²) in [5, 5.41) is 8.93. The van der Waals surface area contributed by atoms with E-state index in [1.807, 2.05) is 31.2 Å². The topological polar surface area (TPSA) is 80.4 Å². The molecule has 1 saturated carbocycles. The van der Waals surface area contributed by atoms with Crippen molar-refractivity contribution in [3.63, 3.8) is 0 Å². The number of rotatable bonds is 5. The molecule has 3 N–H and O–H groups in total. The lowest BCUT2D eigenvalue weighted by Crippen LogP contribution is -2.35. The molecule has 1 fully saturated rings. The summed E-state index contributed by atoms with van der Waals surface area (Å²) in [6.07, 6.45) is 0.920. The maximum absolute atomic E-state index is 13.0. The molecule has 24 heavy (non-hydrogen) atoms. The maximum atomic E-state index is 13.0. The fourth-order valence-electron chi connectivity index (χ4n) is 3.40. The summed E-state index contributed by atoms with van der Waals surface area (Å²) in [4.78, 5) is 0.258. The Balaban J connectivity index is 1.98. The standard InChI is InChI=1S/C19H23NO3S/c1-3-14-6-8-15(9-7-14)17-18(19(17,20)12-21)24(22,23)16-10-4-13(2)5-11-16/h4-11,17-18,21H,3,12,20H2,1-2H3/t17-,18-,19+/m0/s1. The van der Waals surface area contributed by atoms with Gasteiger partial charge < -0.3 is 10.8 Å². The van der Waals surface area contributed by atoms with E-state index in [-0.39, 0.29) is 17.4 Å². The minimum atomic E-state index is -3.60. The van der Waals surface area contributed by atoms with Gasteiger partial charge in [0.25, 0.3) is 0 Å². The number of aliphatic hydroxyl groups excluding tert-OH is 1. The molecule has 4 nitrogen and oxygen atoms in total. The quantitative estimate of drug-likeness (QED) is 0.870. The van der Waals surface area contributed by atoms with Crippen LogP contribution in [0.2, 0.25) is 0 Å². The van der Waals surface area contributed by atoms with Gasteiger partial charge in [-0.05, 0) is 36.6 Å². The Morgan fingerprint density at radius 2 is 1.67 bits per heavy atom. The number of aliphatic hydroxyl groups is 1. The lowest BCUT2D eigenvalue weighted by atomic mass is 10.0. The van der Waals surface area contributed by atoms with Gasteiger partial charge in [0.05, 0.1) is 22.3 Å². The van der Waals surface area contributed by atoms with Crippen LogP contribution in [0.15, 0.2) is 53.4 Å². The predicted octanol–water partition coefficient (Wildman–Crippen LogP) is 2.19. The summed E-state index contributed by atoms with van der Waals surface area (Å²) in [6, 6.07) is 14.6. The highest BCUT2D eigenvalue weighted by atomic mass is 32.2. The summed E-state index contributed by atoms with van der Waals surface area (Å²) in [6.45, 7) is 3.62. The summed E-state index contributed by atoms with van der Waals surface area (Å²) < 4.78 is 26.0. The van der Waals surface area contributed by atoms with Crippen LogP contribution in [-0.2, 0) is 16.3 Å². The minimum Gasteiger partial charge on any atom is -0.394 e. The Kier molecular flexibility index (Phi) is 4.28. The van der Waals surface area contributed by atoms with E-state index in [2.05, 4.69) is 6.92 Å². The SMILES string of the molecule is CCc1ccc([C@H]2[C@H](S(=O)(=O)c3ccc(C)cc3)[C@@]2(N)CO)cc1. The molecule has 5 heteroatoms. The molecule has 3 atom stereocenters. The molecule has 0 bridgehead atoms. The number of aryl methyl sites for hydroxylation is 2. The smallest absolute Gasteiger partial charge is 0.183 e. The highest BCUT2D eigenvalue weighted by Crippen LogP contribution is 2.55. The Labute approximate surface area is 143 Å². The molecule has 0 aromatic heterocycles. The lowest BCUT2D eigenvalue weighted by molar-refractivity contribution is 0.253. The molecule has 0 unspecified atom stereocenters. The third-order valence-electron chi connectivity index (χ3n) is 5.01. The van der Waals surface area contributed by atoms with Crippen LogP contribution in [0.4, 0.5) is 0 Å². The van der Waals surface area contributed by atoms with Gasteiger partial charge in [0.2, 0.25) is 0 Å². The van der Waals surface area contributed by atoms with Crippen molar-refractivity contribution in [2.45, 2.75) is 41.9 Å². The van der Waals surface area contributed by atoms with Crippen LogP contribution in [0.5, 0.6) is 0 Å². The molecule has 3 rings (SSSR count). The zero-order valence-electron chi connectivity index (χ0n) is 13.9. The van der Waals surface area contributed by atoms with Crippen molar-refractivity contribution in [2.24, 2.45) is 5.73 Å². The van der Waals surface area contributed by atoms with Crippen molar-refractivity contribution < 1.29 is 13.5 Å². The Bertz CT molecular complexity index is 828. The van der Waals surface area contributed by atoms with E-state index in [9.17, 15) is 13.5 Å². The molecule has 0 heterocycles. The Morgan fingerprint density at radius 1 is 1.08 bits per heavy atom. The molecule has 0 saturated heterocycles. The number of nitrogens with two attached hydrogens (primary N) is 1. The van der Waals surface area contributed by atoms with Crippen molar-refractivity contribution >= 4 is 9.84 Å². The van der Waals surface area contributed by atoms with Crippen molar-refractivity contribution in [3.8, 4) is 0 Å². The number of hydrogen-bond acceptors (Lipinski definition) is 4. The van der Waals surface area contributed by atoms with E-state index in [4.69, 9.17) is 5.73 Å². The molecule has 0 spiro atoms. The molecule has 1 aliphatic rings. The van der Waals surface area contributed by atoms with Crippen molar-refractivity contribution in [1.29, 1.82) is 0 Å². The molecule has 128 valence electrons. The normalized spacial score (nSPS) is 26.3. The second-order valence-corrected chi connectivity index (χ2v) is 8.69. The highest BCUT2D eigenvalue weighted by Gasteiger charge is 2.69. The first-order valence-electron chi connectivity index (χ1n) is 8.13. The zero-order chi connectivity index (χ0) is 17.5. The summed E-state index contributed by atoms with van der Waals surface area (Å²) in [5.41, 5.74) is 8.18. The van der Waals surface area contributed by atoms with E-state index in [0.29, 0.717) is 0 Å². The fourth-order valence-corrected chi connectivity index (χ4v) is 5.70. The molecule has 0 aliphatic heterocycles. The summed E-state index contributed by atoms with van der Waals surface area (Å²) in [5.74, 6) is -0.389.